The van der Waals surface area contributed by atoms with Crippen molar-refractivity contribution in [3.8, 4) is 0 Å². The van der Waals surface area contributed by atoms with Gasteiger partial charge in [-0.25, -0.2) is 4.79 Å². The molecule has 0 aromatic rings. The Morgan fingerprint density at radius 3 is 2.79 bits per heavy atom. The number of methoxy groups -OCH3 is 1. The Balaban J connectivity index is 2.81. The van der Waals surface area contributed by atoms with Crippen molar-refractivity contribution in [2.45, 2.75) is 25.9 Å². The molecule has 1 aliphatic heterocycles. The minimum atomic E-state index is -0.618. The Labute approximate surface area is 82.9 Å². The number of hydrogen-bond donors (Lipinski definition) is 0. The maximum absolute atomic E-state index is 11.3. The smallest absolute Gasteiger partial charge is 0.334 e. The molecule has 0 radical (unpaired) electrons. The monoisotopic (exact) mass is 198 g/mol. The molecule has 0 bridgehead atoms. The van der Waals surface area contributed by atoms with Gasteiger partial charge in [0.05, 0.1) is 7.11 Å². The van der Waals surface area contributed by atoms with Gasteiger partial charge in [0.25, 0.3) is 0 Å². The van der Waals surface area contributed by atoms with Gasteiger partial charge < -0.3 is 9.47 Å². The first-order valence-electron chi connectivity index (χ1n) is 4.59. The summed E-state index contributed by atoms with van der Waals surface area (Å²) in [5, 5.41) is 0. The summed E-state index contributed by atoms with van der Waals surface area (Å²) in [6, 6.07) is 0. The molecule has 1 aliphatic rings. The van der Waals surface area contributed by atoms with Crippen molar-refractivity contribution >= 4 is 11.9 Å². The Bertz CT molecular complexity index is 269. The number of carbonyl (C=O) groups is 2. The fourth-order valence-electron chi connectivity index (χ4n) is 1.56. The standard InChI is InChI=1S/C10H14O4/c1-4-5-7-8(10(12)13-3)6(2)9(11)14-7/h7-8H,2,4-5H2,1,3H3/t7-,8+/m1/s1. The van der Waals surface area contributed by atoms with E-state index >= 15 is 0 Å². The van der Waals surface area contributed by atoms with E-state index in [0.29, 0.717) is 6.42 Å². The van der Waals surface area contributed by atoms with Gasteiger partial charge in [0, 0.05) is 5.57 Å². The minimum absolute atomic E-state index is 0.204. The average molecular weight is 198 g/mol. The van der Waals surface area contributed by atoms with Crippen LogP contribution in [0.4, 0.5) is 0 Å². The summed E-state index contributed by atoms with van der Waals surface area (Å²) in [5.41, 5.74) is 0.204. The largest absolute Gasteiger partial charge is 0.468 e. The highest BCUT2D eigenvalue weighted by molar-refractivity contribution is 5.98. The summed E-state index contributed by atoms with van der Waals surface area (Å²) in [7, 11) is 1.29. The predicted octanol–water partition coefficient (Wildman–Crippen LogP) is 1.06. The Morgan fingerprint density at radius 1 is 1.64 bits per heavy atom. The second kappa shape index (κ2) is 4.26. The van der Waals surface area contributed by atoms with E-state index in [0.717, 1.165) is 6.42 Å². The van der Waals surface area contributed by atoms with Crippen LogP contribution in [0.5, 0.6) is 0 Å². The predicted molar refractivity (Wildman–Crippen MR) is 49.4 cm³/mol. The van der Waals surface area contributed by atoms with E-state index in [1.54, 1.807) is 0 Å². The van der Waals surface area contributed by atoms with E-state index < -0.39 is 24.0 Å². The van der Waals surface area contributed by atoms with Gasteiger partial charge in [-0.15, -0.1) is 0 Å². The summed E-state index contributed by atoms with van der Waals surface area (Å²) >= 11 is 0. The lowest BCUT2D eigenvalue weighted by Gasteiger charge is -2.14. The normalized spacial score (nSPS) is 26.1. The fraction of sp³-hybridized carbons (Fsp3) is 0.600. The number of cyclic esters (lactones) is 1. The van der Waals surface area contributed by atoms with Crippen LogP contribution in [0.1, 0.15) is 19.8 Å². The molecule has 0 N–H and O–H groups in total. The lowest BCUT2D eigenvalue weighted by molar-refractivity contribution is -0.147. The first-order valence-corrected chi connectivity index (χ1v) is 4.59. The molecule has 0 amide bonds. The van der Waals surface area contributed by atoms with Crippen LogP contribution in [0.2, 0.25) is 0 Å². The van der Waals surface area contributed by atoms with Crippen molar-refractivity contribution in [3.63, 3.8) is 0 Å². The molecule has 0 aromatic carbocycles. The van der Waals surface area contributed by atoms with Gasteiger partial charge in [-0.2, -0.15) is 0 Å². The van der Waals surface area contributed by atoms with Crippen LogP contribution in [-0.4, -0.2) is 25.2 Å². The SMILES string of the molecule is C=C1C(=O)O[C@H](CCC)[C@H]1C(=O)OC. The molecular formula is C10H14O4. The van der Waals surface area contributed by atoms with Crippen molar-refractivity contribution in [1.82, 2.24) is 0 Å². The van der Waals surface area contributed by atoms with Crippen molar-refractivity contribution in [2.75, 3.05) is 7.11 Å². The summed E-state index contributed by atoms with van der Waals surface area (Å²) in [6.45, 7) is 5.50. The molecule has 0 unspecified atom stereocenters. The topological polar surface area (TPSA) is 52.6 Å². The highest BCUT2D eigenvalue weighted by Crippen LogP contribution is 2.30. The number of carbonyl (C=O) groups excluding carboxylic acids is 2. The zero-order valence-corrected chi connectivity index (χ0v) is 8.41. The zero-order chi connectivity index (χ0) is 10.7. The van der Waals surface area contributed by atoms with Crippen LogP contribution in [0.15, 0.2) is 12.2 Å². The van der Waals surface area contributed by atoms with Gasteiger partial charge in [0.15, 0.2) is 0 Å². The van der Waals surface area contributed by atoms with E-state index in [9.17, 15) is 9.59 Å². The van der Waals surface area contributed by atoms with E-state index in [1.165, 1.54) is 7.11 Å². The second-order valence-corrected chi connectivity index (χ2v) is 3.26. The van der Waals surface area contributed by atoms with Gasteiger partial charge in [-0.1, -0.05) is 19.9 Å². The number of esters is 2. The number of rotatable bonds is 3. The van der Waals surface area contributed by atoms with Crippen molar-refractivity contribution in [2.24, 2.45) is 5.92 Å². The summed E-state index contributed by atoms with van der Waals surface area (Å²) < 4.78 is 9.61. The van der Waals surface area contributed by atoms with E-state index in [4.69, 9.17) is 4.74 Å². The maximum Gasteiger partial charge on any atom is 0.334 e. The molecular weight excluding hydrogens is 184 g/mol. The molecule has 1 rings (SSSR count). The Hall–Kier alpha value is -1.32. The molecule has 1 heterocycles. The van der Waals surface area contributed by atoms with Gasteiger partial charge in [0.2, 0.25) is 0 Å². The van der Waals surface area contributed by atoms with E-state index in [2.05, 4.69) is 11.3 Å². The molecule has 14 heavy (non-hydrogen) atoms. The average Bonchev–Trinajstić information content (AvgIpc) is 2.43. The van der Waals surface area contributed by atoms with Crippen molar-refractivity contribution in [3.05, 3.63) is 12.2 Å². The van der Waals surface area contributed by atoms with Crippen LogP contribution in [0.3, 0.4) is 0 Å². The first-order chi connectivity index (χ1) is 6.61. The Morgan fingerprint density at radius 2 is 2.29 bits per heavy atom. The first kappa shape index (κ1) is 10.8. The van der Waals surface area contributed by atoms with Gasteiger partial charge >= 0.3 is 11.9 Å². The highest BCUT2D eigenvalue weighted by atomic mass is 16.6. The summed E-state index contributed by atoms with van der Waals surface area (Å²) in [4.78, 5) is 22.5. The van der Waals surface area contributed by atoms with Crippen molar-refractivity contribution in [1.29, 1.82) is 0 Å². The molecule has 4 nitrogen and oxygen atoms in total. The molecule has 0 aromatic heterocycles. The molecule has 1 saturated heterocycles. The number of ether oxygens (including phenoxy) is 2. The molecule has 1 fully saturated rings. The third kappa shape index (κ3) is 1.78. The van der Waals surface area contributed by atoms with Crippen LogP contribution in [0, 0.1) is 5.92 Å². The second-order valence-electron chi connectivity index (χ2n) is 3.26. The molecule has 0 saturated carbocycles. The van der Waals surface area contributed by atoms with Gasteiger partial charge in [-0.05, 0) is 6.42 Å². The molecule has 4 heteroatoms. The van der Waals surface area contributed by atoms with Crippen LogP contribution in [0.25, 0.3) is 0 Å². The molecule has 78 valence electrons. The quantitative estimate of drug-likeness (QED) is 0.502. The molecule has 0 spiro atoms. The summed E-state index contributed by atoms with van der Waals surface area (Å²) in [5.74, 6) is -1.55. The van der Waals surface area contributed by atoms with Gasteiger partial charge in [0.1, 0.15) is 12.0 Å². The van der Waals surface area contributed by atoms with Crippen molar-refractivity contribution < 1.29 is 19.1 Å². The highest BCUT2D eigenvalue weighted by Gasteiger charge is 2.43. The fourth-order valence-corrected chi connectivity index (χ4v) is 1.56. The number of hydrogen-bond acceptors (Lipinski definition) is 4. The summed E-state index contributed by atoms with van der Waals surface area (Å²) in [6.07, 6.45) is 1.11. The molecule has 0 aliphatic carbocycles. The van der Waals surface area contributed by atoms with E-state index in [-0.39, 0.29) is 5.57 Å². The molecule has 2 atom stereocenters. The maximum atomic E-state index is 11.3. The van der Waals surface area contributed by atoms with E-state index in [1.807, 2.05) is 6.92 Å². The van der Waals surface area contributed by atoms with Crippen LogP contribution >= 0.6 is 0 Å². The van der Waals surface area contributed by atoms with Gasteiger partial charge in [-0.3, -0.25) is 4.79 Å². The Kier molecular flexibility index (Phi) is 3.28. The van der Waals surface area contributed by atoms with Crippen LogP contribution in [-0.2, 0) is 19.1 Å². The third-order valence-electron chi connectivity index (χ3n) is 2.30. The lowest BCUT2D eigenvalue weighted by Crippen LogP contribution is -2.26. The third-order valence-corrected chi connectivity index (χ3v) is 2.30. The minimum Gasteiger partial charge on any atom is -0.468 e. The lowest BCUT2D eigenvalue weighted by atomic mass is 9.95. The van der Waals surface area contributed by atoms with Crippen LogP contribution < -0.4 is 0 Å². The zero-order valence-electron chi connectivity index (χ0n) is 8.41.